The summed E-state index contributed by atoms with van der Waals surface area (Å²) in [6.45, 7) is 6.62. The normalized spacial score (nSPS) is 16.4. The quantitative estimate of drug-likeness (QED) is 0.836. The summed E-state index contributed by atoms with van der Waals surface area (Å²) in [4.78, 5) is 2.50. The summed E-state index contributed by atoms with van der Waals surface area (Å²) in [6, 6.07) is 9.01. The van der Waals surface area contributed by atoms with E-state index in [0.717, 1.165) is 13.1 Å². The second kappa shape index (κ2) is 5.90. The highest BCUT2D eigenvalue weighted by Crippen LogP contribution is 2.20. The zero-order valence-electron chi connectivity index (χ0n) is 10.2. The van der Waals surface area contributed by atoms with Crippen LogP contribution in [0.25, 0.3) is 0 Å². The Morgan fingerprint density at radius 3 is 2.38 bits per heavy atom. The van der Waals surface area contributed by atoms with E-state index in [-0.39, 0.29) is 0 Å². The van der Waals surface area contributed by atoms with Crippen LogP contribution in [-0.4, -0.2) is 19.6 Å². The minimum absolute atomic E-state index is 0.983. The van der Waals surface area contributed by atoms with Crippen molar-refractivity contribution in [1.82, 2.24) is 5.32 Å². The highest BCUT2D eigenvalue weighted by atomic mass is 15.1. The predicted octanol–water partition coefficient (Wildman–Crippen LogP) is 2.79. The number of anilines is 1. The molecule has 1 heterocycles. The van der Waals surface area contributed by atoms with E-state index in [4.69, 9.17) is 0 Å². The molecule has 0 aromatic heterocycles. The summed E-state index contributed by atoms with van der Waals surface area (Å²) in [7, 11) is 0. The summed E-state index contributed by atoms with van der Waals surface area (Å²) in [5.74, 6) is 0. The van der Waals surface area contributed by atoms with Crippen molar-refractivity contribution in [1.29, 1.82) is 0 Å². The number of piperidine rings is 1. The van der Waals surface area contributed by atoms with Gasteiger partial charge in [-0.3, -0.25) is 0 Å². The SMILES string of the molecule is CCNCc1ccc(N2CCCCC2)cc1. The molecule has 2 heteroatoms. The van der Waals surface area contributed by atoms with Crippen LogP contribution in [0.3, 0.4) is 0 Å². The molecule has 0 spiro atoms. The van der Waals surface area contributed by atoms with Crippen molar-refractivity contribution in [3.8, 4) is 0 Å². The van der Waals surface area contributed by atoms with E-state index >= 15 is 0 Å². The van der Waals surface area contributed by atoms with Crippen molar-refractivity contribution in [3.05, 3.63) is 29.8 Å². The average Bonchev–Trinajstić information content (AvgIpc) is 2.38. The van der Waals surface area contributed by atoms with Crippen molar-refractivity contribution in [3.63, 3.8) is 0 Å². The van der Waals surface area contributed by atoms with Crippen molar-refractivity contribution in [2.75, 3.05) is 24.5 Å². The number of hydrogen-bond acceptors (Lipinski definition) is 2. The highest BCUT2D eigenvalue weighted by molar-refractivity contribution is 5.47. The molecule has 0 amide bonds. The Balaban J connectivity index is 1.95. The Kier molecular flexibility index (Phi) is 4.23. The topological polar surface area (TPSA) is 15.3 Å². The first-order chi connectivity index (χ1) is 7.90. The minimum atomic E-state index is 0.983. The molecule has 0 aliphatic carbocycles. The van der Waals surface area contributed by atoms with Crippen LogP contribution in [0, 0.1) is 0 Å². The third-order valence-electron chi connectivity index (χ3n) is 3.24. The number of benzene rings is 1. The Hall–Kier alpha value is -1.02. The Morgan fingerprint density at radius 1 is 1.06 bits per heavy atom. The molecule has 1 fully saturated rings. The zero-order valence-corrected chi connectivity index (χ0v) is 10.2. The van der Waals surface area contributed by atoms with Gasteiger partial charge in [0, 0.05) is 25.3 Å². The van der Waals surface area contributed by atoms with Crippen LogP contribution in [0.5, 0.6) is 0 Å². The fourth-order valence-corrected chi connectivity index (χ4v) is 2.25. The second-order valence-corrected chi connectivity index (χ2v) is 4.49. The summed E-state index contributed by atoms with van der Waals surface area (Å²) in [6.07, 6.45) is 4.09. The van der Waals surface area contributed by atoms with Gasteiger partial charge in [-0.25, -0.2) is 0 Å². The maximum absolute atomic E-state index is 3.35. The smallest absolute Gasteiger partial charge is 0.0366 e. The van der Waals surface area contributed by atoms with E-state index in [1.54, 1.807) is 0 Å². The lowest BCUT2D eigenvalue weighted by Crippen LogP contribution is -2.29. The van der Waals surface area contributed by atoms with Gasteiger partial charge in [-0.2, -0.15) is 0 Å². The van der Waals surface area contributed by atoms with Crippen LogP contribution in [-0.2, 0) is 6.54 Å². The van der Waals surface area contributed by atoms with Crippen molar-refractivity contribution in [2.24, 2.45) is 0 Å². The second-order valence-electron chi connectivity index (χ2n) is 4.49. The molecule has 1 N–H and O–H groups in total. The third-order valence-corrected chi connectivity index (χ3v) is 3.24. The number of nitrogens with one attached hydrogen (secondary N) is 1. The molecule has 0 atom stereocenters. The van der Waals surface area contributed by atoms with Crippen LogP contribution in [0.4, 0.5) is 5.69 Å². The zero-order chi connectivity index (χ0) is 11.2. The first kappa shape index (κ1) is 11.5. The summed E-state index contributed by atoms with van der Waals surface area (Å²) >= 11 is 0. The average molecular weight is 218 g/mol. The number of hydrogen-bond donors (Lipinski definition) is 1. The van der Waals surface area contributed by atoms with Gasteiger partial charge in [0.2, 0.25) is 0 Å². The van der Waals surface area contributed by atoms with Crippen LogP contribution < -0.4 is 10.2 Å². The van der Waals surface area contributed by atoms with E-state index in [9.17, 15) is 0 Å². The molecular formula is C14H22N2. The highest BCUT2D eigenvalue weighted by Gasteiger charge is 2.10. The molecule has 2 nitrogen and oxygen atoms in total. The van der Waals surface area contributed by atoms with Gasteiger partial charge >= 0.3 is 0 Å². The van der Waals surface area contributed by atoms with E-state index in [1.807, 2.05) is 0 Å². The molecule has 0 saturated carbocycles. The molecule has 2 rings (SSSR count). The van der Waals surface area contributed by atoms with E-state index in [0.29, 0.717) is 0 Å². The van der Waals surface area contributed by atoms with Gasteiger partial charge in [0.1, 0.15) is 0 Å². The predicted molar refractivity (Wildman–Crippen MR) is 69.9 cm³/mol. The molecule has 0 unspecified atom stereocenters. The number of nitrogens with zero attached hydrogens (tertiary/aromatic N) is 1. The van der Waals surface area contributed by atoms with Crippen LogP contribution in [0.2, 0.25) is 0 Å². The lowest BCUT2D eigenvalue weighted by Gasteiger charge is -2.28. The van der Waals surface area contributed by atoms with Gasteiger partial charge in [-0.05, 0) is 43.5 Å². The van der Waals surface area contributed by atoms with Crippen LogP contribution in [0.15, 0.2) is 24.3 Å². The monoisotopic (exact) mass is 218 g/mol. The van der Waals surface area contributed by atoms with Crippen molar-refractivity contribution >= 4 is 5.69 Å². The molecule has 16 heavy (non-hydrogen) atoms. The Morgan fingerprint density at radius 2 is 1.75 bits per heavy atom. The molecule has 1 aromatic carbocycles. The molecule has 0 bridgehead atoms. The van der Waals surface area contributed by atoms with Crippen LogP contribution in [0.1, 0.15) is 31.7 Å². The summed E-state index contributed by atoms with van der Waals surface area (Å²) < 4.78 is 0. The largest absolute Gasteiger partial charge is 0.372 e. The van der Waals surface area contributed by atoms with E-state index < -0.39 is 0 Å². The maximum atomic E-state index is 3.35. The van der Waals surface area contributed by atoms with Gasteiger partial charge in [-0.15, -0.1) is 0 Å². The fourth-order valence-electron chi connectivity index (χ4n) is 2.25. The Labute approximate surface area is 98.7 Å². The minimum Gasteiger partial charge on any atom is -0.372 e. The van der Waals surface area contributed by atoms with Gasteiger partial charge in [0.15, 0.2) is 0 Å². The summed E-state index contributed by atoms with van der Waals surface area (Å²) in [5, 5.41) is 3.35. The molecule has 1 aliphatic rings. The first-order valence-corrected chi connectivity index (χ1v) is 6.45. The molecule has 88 valence electrons. The molecule has 0 radical (unpaired) electrons. The maximum Gasteiger partial charge on any atom is 0.0366 e. The third kappa shape index (κ3) is 2.99. The van der Waals surface area contributed by atoms with Crippen LogP contribution >= 0.6 is 0 Å². The van der Waals surface area contributed by atoms with Gasteiger partial charge in [0.25, 0.3) is 0 Å². The molecular weight excluding hydrogens is 196 g/mol. The van der Waals surface area contributed by atoms with Gasteiger partial charge in [0.05, 0.1) is 0 Å². The fraction of sp³-hybridized carbons (Fsp3) is 0.571. The van der Waals surface area contributed by atoms with E-state index in [1.165, 1.54) is 43.6 Å². The lowest BCUT2D eigenvalue weighted by molar-refractivity contribution is 0.578. The van der Waals surface area contributed by atoms with Gasteiger partial charge < -0.3 is 10.2 Å². The van der Waals surface area contributed by atoms with Crippen molar-refractivity contribution in [2.45, 2.75) is 32.7 Å². The lowest BCUT2D eigenvalue weighted by atomic mass is 10.1. The molecule has 1 aromatic rings. The van der Waals surface area contributed by atoms with Gasteiger partial charge in [-0.1, -0.05) is 19.1 Å². The number of rotatable bonds is 4. The van der Waals surface area contributed by atoms with E-state index in [2.05, 4.69) is 41.4 Å². The van der Waals surface area contributed by atoms with Crippen molar-refractivity contribution < 1.29 is 0 Å². The summed E-state index contributed by atoms with van der Waals surface area (Å²) in [5.41, 5.74) is 2.77. The molecule has 1 saturated heterocycles. The molecule has 1 aliphatic heterocycles. The first-order valence-electron chi connectivity index (χ1n) is 6.45. The standard InChI is InChI=1S/C14H22N2/c1-2-15-12-13-6-8-14(9-7-13)16-10-4-3-5-11-16/h6-9,15H,2-5,10-12H2,1H3. The Bertz CT molecular complexity index is 299.